The smallest absolute Gasteiger partial charge is 0.303 e. The van der Waals surface area contributed by atoms with E-state index in [0.29, 0.717) is 5.71 Å². The highest BCUT2D eigenvalue weighted by Gasteiger charge is 2.18. The molecule has 0 amide bonds. The zero-order valence-electron chi connectivity index (χ0n) is 17.2. The number of hydrogen-bond donors (Lipinski definition) is 2. The van der Waals surface area contributed by atoms with E-state index in [9.17, 15) is 4.79 Å². The van der Waals surface area contributed by atoms with Crippen LogP contribution in [0.4, 0.5) is 5.95 Å². The average Bonchev–Trinajstić information content (AvgIpc) is 2.79. The standard InChI is InChI=1S/C22H29N5O3/c28-21(29)10-9-20(25-30)19-7-5-18(6-8-19)4-1-2-13-26-14-16-27(17-15-26)22-23-11-3-12-24-22/h3,5-8,11-12,30H,1-2,4,9-10,13-17H2,(H,28,29). The third-order valence-electron chi connectivity index (χ3n) is 5.38. The minimum atomic E-state index is -0.900. The molecule has 1 aliphatic rings. The minimum Gasteiger partial charge on any atom is -0.481 e. The average molecular weight is 412 g/mol. The number of unbranched alkanes of at least 4 members (excludes halogenated alkanes) is 1. The van der Waals surface area contributed by atoms with Crippen molar-refractivity contribution in [2.24, 2.45) is 5.16 Å². The second-order valence-electron chi connectivity index (χ2n) is 7.47. The van der Waals surface area contributed by atoms with E-state index < -0.39 is 5.97 Å². The number of aliphatic carboxylic acids is 1. The number of anilines is 1. The monoisotopic (exact) mass is 411 g/mol. The normalized spacial score (nSPS) is 15.3. The Morgan fingerprint density at radius 1 is 1.00 bits per heavy atom. The SMILES string of the molecule is O=C(O)CCC(=NO)c1ccc(CCCCN2CCN(c3ncccn3)CC2)cc1. The summed E-state index contributed by atoms with van der Waals surface area (Å²) in [6.07, 6.45) is 7.00. The summed E-state index contributed by atoms with van der Waals surface area (Å²) in [6, 6.07) is 9.69. The summed E-state index contributed by atoms with van der Waals surface area (Å²) in [5, 5.41) is 21.1. The summed E-state index contributed by atoms with van der Waals surface area (Å²) in [7, 11) is 0. The van der Waals surface area contributed by atoms with Crippen molar-refractivity contribution < 1.29 is 15.1 Å². The van der Waals surface area contributed by atoms with Crippen LogP contribution in [-0.2, 0) is 11.2 Å². The van der Waals surface area contributed by atoms with Crippen LogP contribution in [0.25, 0.3) is 0 Å². The molecular formula is C22H29N5O3. The first kappa shape index (κ1) is 21.7. The van der Waals surface area contributed by atoms with E-state index in [1.807, 2.05) is 30.3 Å². The molecule has 0 saturated carbocycles. The Bertz CT molecular complexity index is 818. The molecule has 0 unspecified atom stereocenters. The van der Waals surface area contributed by atoms with E-state index in [0.717, 1.165) is 63.5 Å². The van der Waals surface area contributed by atoms with E-state index in [2.05, 4.69) is 24.9 Å². The molecule has 2 aromatic rings. The number of aromatic nitrogens is 2. The van der Waals surface area contributed by atoms with Crippen LogP contribution in [0.3, 0.4) is 0 Å². The van der Waals surface area contributed by atoms with Crippen molar-refractivity contribution in [3.8, 4) is 0 Å². The molecule has 1 fully saturated rings. The highest BCUT2D eigenvalue weighted by atomic mass is 16.4. The van der Waals surface area contributed by atoms with E-state index in [1.54, 1.807) is 12.4 Å². The van der Waals surface area contributed by atoms with Gasteiger partial charge in [-0.15, -0.1) is 0 Å². The Morgan fingerprint density at radius 3 is 2.33 bits per heavy atom. The van der Waals surface area contributed by atoms with Crippen molar-refractivity contribution in [2.75, 3.05) is 37.6 Å². The Labute approximate surface area is 176 Å². The second kappa shape index (κ2) is 11.3. The van der Waals surface area contributed by atoms with Gasteiger partial charge in [0.05, 0.1) is 12.1 Å². The van der Waals surface area contributed by atoms with Gasteiger partial charge < -0.3 is 15.2 Å². The molecule has 1 aliphatic heterocycles. The molecule has 8 nitrogen and oxygen atoms in total. The molecule has 0 spiro atoms. The third kappa shape index (κ3) is 6.52. The summed E-state index contributed by atoms with van der Waals surface area (Å²) in [5.41, 5.74) is 2.41. The number of hydrogen-bond acceptors (Lipinski definition) is 7. The van der Waals surface area contributed by atoms with Gasteiger partial charge in [-0.1, -0.05) is 29.4 Å². The van der Waals surface area contributed by atoms with Gasteiger partial charge in [-0.05, 0) is 43.0 Å². The Kier molecular flexibility index (Phi) is 8.14. The quantitative estimate of drug-likeness (QED) is 0.268. The van der Waals surface area contributed by atoms with Crippen molar-refractivity contribution in [1.82, 2.24) is 14.9 Å². The summed E-state index contributed by atoms with van der Waals surface area (Å²) in [5.74, 6) is -0.0828. The van der Waals surface area contributed by atoms with Gasteiger partial charge in [0.25, 0.3) is 0 Å². The van der Waals surface area contributed by atoms with E-state index >= 15 is 0 Å². The maximum atomic E-state index is 10.7. The van der Waals surface area contributed by atoms with Gasteiger partial charge >= 0.3 is 5.97 Å². The van der Waals surface area contributed by atoms with Gasteiger partial charge in [-0.3, -0.25) is 9.69 Å². The van der Waals surface area contributed by atoms with Crippen LogP contribution in [0.15, 0.2) is 47.9 Å². The number of benzene rings is 1. The molecule has 0 bridgehead atoms. The van der Waals surface area contributed by atoms with Crippen LogP contribution in [0.2, 0.25) is 0 Å². The van der Waals surface area contributed by atoms with Gasteiger partial charge in [0.2, 0.25) is 5.95 Å². The number of carboxylic acids is 1. The van der Waals surface area contributed by atoms with Gasteiger partial charge in [0, 0.05) is 45.0 Å². The molecule has 1 aromatic carbocycles. The van der Waals surface area contributed by atoms with Crippen LogP contribution in [0.1, 0.15) is 36.8 Å². The topological polar surface area (TPSA) is 102 Å². The molecule has 0 radical (unpaired) electrons. The highest BCUT2D eigenvalue weighted by molar-refractivity contribution is 6.01. The van der Waals surface area contributed by atoms with Gasteiger partial charge in [0.1, 0.15) is 0 Å². The Morgan fingerprint density at radius 2 is 1.70 bits per heavy atom. The number of rotatable bonds is 10. The summed E-state index contributed by atoms with van der Waals surface area (Å²) in [6.45, 7) is 5.08. The van der Waals surface area contributed by atoms with Gasteiger partial charge in [0.15, 0.2) is 0 Å². The molecule has 2 heterocycles. The van der Waals surface area contributed by atoms with E-state index in [-0.39, 0.29) is 12.8 Å². The first-order chi connectivity index (χ1) is 14.7. The number of nitrogens with zero attached hydrogens (tertiary/aromatic N) is 5. The van der Waals surface area contributed by atoms with E-state index in [4.69, 9.17) is 10.3 Å². The molecule has 160 valence electrons. The number of piperazine rings is 1. The van der Waals surface area contributed by atoms with Crippen LogP contribution < -0.4 is 4.90 Å². The van der Waals surface area contributed by atoms with E-state index in [1.165, 1.54) is 5.56 Å². The molecule has 0 aliphatic carbocycles. The van der Waals surface area contributed by atoms with Crippen LogP contribution in [0, 0.1) is 0 Å². The Hall–Kier alpha value is -3.00. The number of aryl methyl sites for hydroxylation is 1. The minimum absolute atomic E-state index is 0.0478. The molecule has 0 atom stereocenters. The first-order valence-corrected chi connectivity index (χ1v) is 10.4. The van der Waals surface area contributed by atoms with Crippen LogP contribution in [0.5, 0.6) is 0 Å². The lowest BCUT2D eigenvalue weighted by atomic mass is 10.0. The van der Waals surface area contributed by atoms with Crippen molar-refractivity contribution in [3.63, 3.8) is 0 Å². The largest absolute Gasteiger partial charge is 0.481 e. The molecule has 3 rings (SSSR count). The Balaban J connectivity index is 1.35. The summed E-state index contributed by atoms with van der Waals surface area (Å²) in [4.78, 5) is 24.1. The lowest BCUT2D eigenvalue weighted by molar-refractivity contribution is -0.136. The highest BCUT2D eigenvalue weighted by Crippen LogP contribution is 2.13. The molecule has 30 heavy (non-hydrogen) atoms. The second-order valence-corrected chi connectivity index (χ2v) is 7.47. The maximum Gasteiger partial charge on any atom is 0.303 e. The lowest BCUT2D eigenvalue weighted by Crippen LogP contribution is -2.47. The predicted octanol–water partition coefficient (Wildman–Crippen LogP) is 2.66. The summed E-state index contributed by atoms with van der Waals surface area (Å²) < 4.78 is 0. The first-order valence-electron chi connectivity index (χ1n) is 10.4. The van der Waals surface area contributed by atoms with Gasteiger partial charge in [-0.2, -0.15) is 0 Å². The third-order valence-corrected chi connectivity index (χ3v) is 5.38. The number of carboxylic acid groups (broad SMARTS) is 1. The molecule has 8 heteroatoms. The van der Waals surface area contributed by atoms with Crippen molar-refractivity contribution in [1.29, 1.82) is 0 Å². The maximum absolute atomic E-state index is 10.7. The number of carbonyl (C=O) groups is 1. The summed E-state index contributed by atoms with van der Waals surface area (Å²) >= 11 is 0. The van der Waals surface area contributed by atoms with Crippen molar-refractivity contribution >= 4 is 17.6 Å². The predicted molar refractivity (Wildman–Crippen MR) is 115 cm³/mol. The van der Waals surface area contributed by atoms with Crippen molar-refractivity contribution in [3.05, 3.63) is 53.9 Å². The number of oxime groups is 1. The zero-order valence-corrected chi connectivity index (χ0v) is 17.2. The molecule has 1 aromatic heterocycles. The fourth-order valence-electron chi connectivity index (χ4n) is 3.63. The van der Waals surface area contributed by atoms with Gasteiger partial charge in [-0.25, -0.2) is 9.97 Å². The molecule has 2 N–H and O–H groups in total. The fourth-order valence-corrected chi connectivity index (χ4v) is 3.63. The molecule has 1 saturated heterocycles. The zero-order chi connectivity index (χ0) is 21.2. The fraction of sp³-hybridized carbons (Fsp3) is 0.455. The van der Waals surface area contributed by atoms with Crippen LogP contribution in [-0.4, -0.2) is 69.6 Å². The lowest BCUT2D eigenvalue weighted by Gasteiger charge is -2.34. The van der Waals surface area contributed by atoms with Crippen molar-refractivity contribution in [2.45, 2.75) is 32.1 Å². The van der Waals surface area contributed by atoms with Crippen LogP contribution >= 0.6 is 0 Å². The molecular weight excluding hydrogens is 382 g/mol.